The summed E-state index contributed by atoms with van der Waals surface area (Å²) in [5.41, 5.74) is 0.821. The Balaban J connectivity index is 1.81. The van der Waals surface area contributed by atoms with Crippen LogP contribution in [0.25, 0.3) is 11.4 Å². The molecule has 0 aliphatic rings. The maximum atomic E-state index is 5.89. The molecular formula is C16H15N3O2. The van der Waals surface area contributed by atoms with Gasteiger partial charge in [-0.3, -0.25) is 4.98 Å². The number of pyridine rings is 1. The van der Waals surface area contributed by atoms with Gasteiger partial charge in [0.05, 0.1) is 0 Å². The van der Waals surface area contributed by atoms with Crippen LogP contribution in [0.15, 0.2) is 59.4 Å². The summed E-state index contributed by atoms with van der Waals surface area (Å²) in [5, 5.41) is 3.99. The maximum absolute atomic E-state index is 5.89. The van der Waals surface area contributed by atoms with Crippen LogP contribution < -0.4 is 4.74 Å². The fraction of sp³-hybridized carbons (Fsp3) is 0.188. The van der Waals surface area contributed by atoms with E-state index in [-0.39, 0.29) is 6.10 Å². The molecular weight excluding hydrogens is 266 g/mol. The number of hydrogen-bond acceptors (Lipinski definition) is 5. The Hall–Kier alpha value is -2.69. The third kappa shape index (κ3) is 3.08. The van der Waals surface area contributed by atoms with Gasteiger partial charge in [0.2, 0.25) is 5.82 Å². The molecule has 106 valence electrons. The first-order valence-electron chi connectivity index (χ1n) is 6.82. The summed E-state index contributed by atoms with van der Waals surface area (Å²) in [4.78, 5) is 8.46. The number of rotatable bonds is 5. The molecule has 0 saturated heterocycles. The number of nitrogens with zero attached hydrogens (tertiary/aromatic N) is 3. The van der Waals surface area contributed by atoms with Gasteiger partial charge in [0.15, 0.2) is 6.10 Å². The standard InChI is InChI=1S/C16H15N3O2/c1-2-14(20-13-8-4-3-5-9-13)16-18-15(19-21-16)12-7-6-10-17-11-12/h3-11,14H,2H2,1H3/t14-/m1/s1. The molecule has 0 unspecified atom stereocenters. The molecule has 0 N–H and O–H groups in total. The van der Waals surface area contributed by atoms with E-state index >= 15 is 0 Å². The zero-order chi connectivity index (χ0) is 14.5. The van der Waals surface area contributed by atoms with Crippen molar-refractivity contribution >= 4 is 0 Å². The maximum Gasteiger partial charge on any atom is 0.268 e. The first-order valence-corrected chi connectivity index (χ1v) is 6.82. The second-order valence-electron chi connectivity index (χ2n) is 4.53. The van der Waals surface area contributed by atoms with E-state index in [1.54, 1.807) is 12.4 Å². The van der Waals surface area contributed by atoms with Gasteiger partial charge in [-0.25, -0.2) is 0 Å². The quantitative estimate of drug-likeness (QED) is 0.714. The van der Waals surface area contributed by atoms with Crippen molar-refractivity contribution in [2.45, 2.75) is 19.4 Å². The van der Waals surface area contributed by atoms with Gasteiger partial charge < -0.3 is 9.26 Å². The minimum atomic E-state index is -0.259. The van der Waals surface area contributed by atoms with Gasteiger partial charge in [-0.2, -0.15) is 4.98 Å². The highest BCUT2D eigenvalue weighted by Gasteiger charge is 2.19. The Morgan fingerprint density at radius 3 is 2.71 bits per heavy atom. The van der Waals surface area contributed by atoms with Crippen LogP contribution in [0, 0.1) is 0 Å². The average molecular weight is 281 g/mol. The summed E-state index contributed by atoms with van der Waals surface area (Å²) in [6.45, 7) is 2.02. The van der Waals surface area contributed by atoms with E-state index in [1.165, 1.54) is 0 Å². The zero-order valence-electron chi connectivity index (χ0n) is 11.6. The molecule has 0 aliphatic carbocycles. The molecule has 5 nitrogen and oxygen atoms in total. The Morgan fingerprint density at radius 1 is 1.14 bits per heavy atom. The summed E-state index contributed by atoms with van der Waals surface area (Å²) < 4.78 is 11.2. The molecule has 1 aromatic carbocycles. The van der Waals surface area contributed by atoms with Crippen molar-refractivity contribution < 1.29 is 9.26 Å². The molecule has 0 fully saturated rings. The molecule has 0 amide bonds. The van der Waals surface area contributed by atoms with E-state index in [1.807, 2.05) is 49.4 Å². The molecule has 0 saturated carbocycles. The summed E-state index contributed by atoms with van der Waals surface area (Å²) in [5.74, 6) is 1.78. The molecule has 5 heteroatoms. The van der Waals surface area contributed by atoms with Crippen molar-refractivity contribution in [1.29, 1.82) is 0 Å². The van der Waals surface area contributed by atoms with Gasteiger partial charge in [-0.05, 0) is 30.7 Å². The average Bonchev–Trinajstić information content (AvgIpc) is 3.04. The number of para-hydroxylation sites is 1. The van der Waals surface area contributed by atoms with Crippen molar-refractivity contribution in [2.24, 2.45) is 0 Å². The molecule has 2 aromatic heterocycles. The van der Waals surface area contributed by atoms with Crippen LogP contribution in [0.5, 0.6) is 5.75 Å². The number of benzene rings is 1. The minimum absolute atomic E-state index is 0.259. The predicted molar refractivity (Wildman–Crippen MR) is 77.6 cm³/mol. The molecule has 0 aliphatic heterocycles. The first-order chi connectivity index (χ1) is 10.4. The Kier molecular flexibility index (Phi) is 3.91. The Bertz CT molecular complexity index is 683. The Morgan fingerprint density at radius 2 is 2.00 bits per heavy atom. The number of ether oxygens (including phenoxy) is 1. The van der Waals surface area contributed by atoms with Crippen molar-refractivity contribution in [3.63, 3.8) is 0 Å². The lowest BCUT2D eigenvalue weighted by Crippen LogP contribution is -2.06. The Labute approximate surface area is 122 Å². The third-order valence-corrected chi connectivity index (χ3v) is 3.03. The monoisotopic (exact) mass is 281 g/mol. The highest BCUT2D eigenvalue weighted by Crippen LogP contribution is 2.25. The first kappa shape index (κ1) is 13.3. The summed E-state index contributed by atoms with van der Waals surface area (Å²) in [7, 11) is 0. The van der Waals surface area contributed by atoms with Gasteiger partial charge in [0, 0.05) is 18.0 Å². The van der Waals surface area contributed by atoms with Crippen LogP contribution in [0.1, 0.15) is 25.3 Å². The summed E-state index contributed by atoms with van der Waals surface area (Å²) in [6.07, 6.45) is 3.89. The molecule has 0 bridgehead atoms. The van der Waals surface area contributed by atoms with Crippen molar-refractivity contribution in [1.82, 2.24) is 15.1 Å². The van der Waals surface area contributed by atoms with E-state index in [4.69, 9.17) is 9.26 Å². The van der Waals surface area contributed by atoms with Crippen LogP contribution in [-0.2, 0) is 0 Å². The lowest BCUT2D eigenvalue weighted by molar-refractivity contribution is 0.154. The molecule has 0 radical (unpaired) electrons. The molecule has 3 rings (SSSR count). The zero-order valence-corrected chi connectivity index (χ0v) is 11.6. The normalized spacial score (nSPS) is 12.0. The highest BCUT2D eigenvalue weighted by atomic mass is 16.5. The fourth-order valence-corrected chi connectivity index (χ4v) is 1.95. The number of hydrogen-bond donors (Lipinski definition) is 0. The van der Waals surface area contributed by atoms with Gasteiger partial charge in [-0.15, -0.1) is 0 Å². The lowest BCUT2D eigenvalue weighted by atomic mass is 10.2. The summed E-state index contributed by atoms with van der Waals surface area (Å²) >= 11 is 0. The van der Waals surface area contributed by atoms with Crippen molar-refractivity contribution in [3.8, 4) is 17.1 Å². The smallest absolute Gasteiger partial charge is 0.268 e. The molecule has 1 atom stereocenters. The molecule has 0 spiro atoms. The predicted octanol–water partition coefficient (Wildman–Crippen LogP) is 3.66. The number of aromatic nitrogens is 3. The SMILES string of the molecule is CC[C@@H](Oc1ccccc1)c1nc(-c2cccnc2)no1. The van der Waals surface area contributed by atoms with Crippen LogP contribution in [-0.4, -0.2) is 15.1 Å². The van der Waals surface area contributed by atoms with Crippen molar-refractivity contribution in [2.75, 3.05) is 0 Å². The van der Waals surface area contributed by atoms with Gasteiger partial charge >= 0.3 is 0 Å². The lowest BCUT2D eigenvalue weighted by Gasteiger charge is -2.13. The molecule has 3 aromatic rings. The van der Waals surface area contributed by atoms with Gasteiger partial charge in [0.25, 0.3) is 5.89 Å². The van der Waals surface area contributed by atoms with Crippen LogP contribution in [0.4, 0.5) is 0 Å². The van der Waals surface area contributed by atoms with E-state index in [0.717, 1.165) is 17.7 Å². The minimum Gasteiger partial charge on any atom is -0.481 e. The fourth-order valence-electron chi connectivity index (χ4n) is 1.95. The van der Waals surface area contributed by atoms with Gasteiger partial charge in [0.1, 0.15) is 5.75 Å². The highest BCUT2D eigenvalue weighted by molar-refractivity contribution is 5.51. The summed E-state index contributed by atoms with van der Waals surface area (Å²) in [6, 6.07) is 13.3. The van der Waals surface area contributed by atoms with Crippen LogP contribution in [0.2, 0.25) is 0 Å². The van der Waals surface area contributed by atoms with Crippen molar-refractivity contribution in [3.05, 3.63) is 60.7 Å². The van der Waals surface area contributed by atoms with E-state index in [0.29, 0.717) is 11.7 Å². The van der Waals surface area contributed by atoms with Crippen LogP contribution >= 0.6 is 0 Å². The van der Waals surface area contributed by atoms with E-state index < -0.39 is 0 Å². The van der Waals surface area contributed by atoms with E-state index in [9.17, 15) is 0 Å². The van der Waals surface area contributed by atoms with E-state index in [2.05, 4.69) is 15.1 Å². The topological polar surface area (TPSA) is 61.0 Å². The third-order valence-electron chi connectivity index (χ3n) is 3.03. The second-order valence-corrected chi connectivity index (χ2v) is 4.53. The van der Waals surface area contributed by atoms with Gasteiger partial charge in [-0.1, -0.05) is 30.3 Å². The molecule has 2 heterocycles. The largest absolute Gasteiger partial charge is 0.481 e. The van der Waals surface area contributed by atoms with Crippen LogP contribution in [0.3, 0.4) is 0 Å². The molecule has 21 heavy (non-hydrogen) atoms. The second kappa shape index (κ2) is 6.17.